The van der Waals surface area contributed by atoms with Crippen LogP contribution in [0.3, 0.4) is 0 Å². The molecule has 98 valence electrons. The van der Waals surface area contributed by atoms with E-state index >= 15 is 0 Å². The first-order valence-corrected chi connectivity index (χ1v) is 7.40. The van der Waals surface area contributed by atoms with E-state index in [4.69, 9.17) is 0 Å². The maximum absolute atomic E-state index is 11.9. The van der Waals surface area contributed by atoms with Gasteiger partial charge < -0.3 is 9.80 Å². The zero-order valence-electron chi connectivity index (χ0n) is 11.2. The Kier molecular flexibility index (Phi) is 4.17. The van der Waals surface area contributed by atoms with E-state index in [-0.39, 0.29) is 12.1 Å². The molecule has 1 fully saturated rings. The smallest absolute Gasteiger partial charge is 0.320 e. The molecule has 1 saturated heterocycles. The molecule has 0 N–H and O–H groups in total. The van der Waals surface area contributed by atoms with E-state index in [1.807, 2.05) is 35.5 Å². The first-order chi connectivity index (χ1) is 8.67. The lowest BCUT2D eigenvalue weighted by Gasteiger charge is -2.18. The van der Waals surface area contributed by atoms with Gasteiger partial charge in [-0.2, -0.15) is 0 Å². The first-order valence-electron chi connectivity index (χ1n) is 6.41. The van der Waals surface area contributed by atoms with Crippen molar-refractivity contribution in [3.63, 3.8) is 0 Å². The van der Waals surface area contributed by atoms with Gasteiger partial charge in [0.15, 0.2) is 0 Å². The van der Waals surface area contributed by atoms with Crippen LogP contribution in [0.5, 0.6) is 0 Å². The molecule has 18 heavy (non-hydrogen) atoms. The fourth-order valence-corrected chi connectivity index (χ4v) is 2.97. The number of nitrogens with zero attached hydrogens (tertiary/aromatic N) is 2. The van der Waals surface area contributed by atoms with Crippen molar-refractivity contribution in [3.8, 4) is 0 Å². The minimum atomic E-state index is 0.134. The van der Waals surface area contributed by atoms with Crippen molar-refractivity contribution in [3.05, 3.63) is 29.8 Å². The number of thioether (sulfide) groups is 1. The van der Waals surface area contributed by atoms with Crippen LogP contribution in [0.25, 0.3) is 0 Å². The standard InChI is InChI=1S/C14H20N2OS/c1-4-16-10-13(15(3)14(16)17)11-6-8-12(9-7-11)18-5-2/h6-9,13H,4-5,10H2,1-3H3. The van der Waals surface area contributed by atoms with Gasteiger partial charge in [-0.05, 0) is 30.4 Å². The molecule has 1 atom stereocenters. The molecule has 1 unspecified atom stereocenters. The molecule has 0 radical (unpaired) electrons. The third kappa shape index (κ3) is 2.48. The monoisotopic (exact) mass is 264 g/mol. The maximum atomic E-state index is 11.9. The van der Waals surface area contributed by atoms with Gasteiger partial charge in [0.25, 0.3) is 0 Å². The molecule has 1 heterocycles. The molecular formula is C14H20N2OS. The number of hydrogen-bond acceptors (Lipinski definition) is 2. The van der Waals surface area contributed by atoms with Crippen LogP contribution in [0.4, 0.5) is 4.79 Å². The fraction of sp³-hybridized carbons (Fsp3) is 0.500. The Labute approximate surface area is 113 Å². The number of urea groups is 1. The summed E-state index contributed by atoms with van der Waals surface area (Å²) in [5.41, 5.74) is 1.22. The quantitative estimate of drug-likeness (QED) is 0.780. The number of benzene rings is 1. The summed E-state index contributed by atoms with van der Waals surface area (Å²) in [7, 11) is 1.89. The highest BCUT2D eigenvalue weighted by Crippen LogP contribution is 2.29. The highest BCUT2D eigenvalue weighted by molar-refractivity contribution is 7.99. The minimum absolute atomic E-state index is 0.134. The number of rotatable bonds is 4. The van der Waals surface area contributed by atoms with Crippen molar-refractivity contribution >= 4 is 17.8 Å². The molecule has 0 saturated carbocycles. The van der Waals surface area contributed by atoms with Crippen LogP contribution < -0.4 is 0 Å². The molecule has 3 nitrogen and oxygen atoms in total. The van der Waals surface area contributed by atoms with Gasteiger partial charge in [0.2, 0.25) is 0 Å². The van der Waals surface area contributed by atoms with Crippen LogP contribution in [-0.4, -0.2) is 41.7 Å². The predicted octanol–water partition coefficient (Wildman–Crippen LogP) is 3.23. The molecule has 1 aliphatic rings. The number of likely N-dealkylation sites (N-methyl/N-ethyl adjacent to an activating group) is 2. The lowest BCUT2D eigenvalue weighted by atomic mass is 10.1. The van der Waals surface area contributed by atoms with Gasteiger partial charge in [-0.1, -0.05) is 19.1 Å². The third-order valence-electron chi connectivity index (χ3n) is 3.39. The molecule has 0 spiro atoms. The summed E-state index contributed by atoms with van der Waals surface area (Å²) >= 11 is 1.84. The SMILES string of the molecule is CCSc1ccc(C2CN(CC)C(=O)N2C)cc1. The van der Waals surface area contributed by atoms with Gasteiger partial charge >= 0.3 is 6.03 Å². The van der Waals surface area contributed by atoms with Crippen molar-refractivity contribution in [1.29, 1.82) is 0 Å². The number of amides is 2. The van der Waals surface area contributed by atoms with Crippen LogP contribution in [0, 0.1) is 0 Å². The molecule has 0 aliphatic carbocycles. The molecule has 0 aromatic heterocycles. The van der Waals surface area contributed by atoms with Crippen molar-refractivity contribution in [2.45, 2.75) is 24.8 Å². The van der Waals surface area contributed by atoms with Gasteiger partial charge in [0, 0.05) is 25.0 Å². The summed E-state index contributed by atoms with van der Waals surface area (Å²) in [6.45, 7) is 5.76. The molecule has 0 bridgehead atoms. The summed E-state index contributed by atoms with van der Waals surface area (Å²) in [4.78, 5) is 17.0. The summed E-state index contributed by atoms with van der Waals surface area (Å²) in [6.07, 6.45) is 0. The summed E-state index contributed by atoms with van der Waals surface area (Å²) in [6, 6.07) is 8.91. The lowest BCUT2D eigenvalue weighted by Crippen LogP contribution is -2.29. The molecule has 4 heteroatoms. The number of carbonyl (C=O) groups is 1. The Morgan fingerprint density at radius 3 is 2.44 bits per heavy atom. The van der Waals surface area contributed by atoms with Gasteiger partial charge in [-0.25, -0.2) is 4.79 Å². The van der Waals surface area contributed by atoms with Gasteiger partial charge in [-0.3, -0.25) is 0 Å². The maximum Gasteiger partial charge on any atom is 0.320 e. The average Bonchev–Trinajstić information content (AvgIpc) is 2.68. The van der Waals surface area contributed by atoms with Crippen LogP contribution in [0.15, 0.2) is 29.2 Å². The van der Waals surface area contributed by atoms with Gasteiger partial charge in [0.05, 0.1) is 6.04 Å². The topological polar surface area (TPSA) is 23.6 Å². The molecule has 1 aromatic carbocycles. The predicted molar refractivity (Wildman–Crippen MR) is 76.0 cm³/mol. The average molecular weight is 264 g/mol. The van der Waals surface area contributed by atoms with E-state index in [1.165, 1.54) is 10.5 Å². The Morgan fingerprint density at radius 2 is 1.94 bits per heavy atom. The van der Waals surface area contributed by atoms with Gasteiger partial charge in [-0.15, -0.1) is 11.8 Å². The van der Waals surface area contributed by atoms with Crippen LogP contribution in [0.2, 0.25) is 0 Å². The first kappa shape index (κ1) is 13.3. The third-order valence-corrected chi connectivity index (χ3v) is 4.28. The Balaban J connectivity index is 2.14. The second-order valence-corrected chi connectivity index (χ2v) is 5.79. The number of carbonyl (C=O) groups excluding carboxylic acids is 1. The Morgan fingerprint density at radius 1 is 1.28 bits per heavy atom. The second kappa shape index (κ2) is 5.65. The van der Waals surface area contributed by atoms with E-state index in [2.05, 4.69) is 31.2 Å². The molecule has 2 amide bonds. The van der Waals surface area contributed by atoms with E-state index in [0.717, 1.165) is 18.8 Å². The number of hydrogen-bond donors (Lipinski definition) is 0. The van der Waals surface area contributed by atoms with Crippen LogP contribution in [0.1, 0.15) is 25.5 Å². The van der Waals surface area contributed by atoms with Gasteiger partial charge in [0.1, 0.15) is 0 Å². The van der Waals surface area contributed by atoms with E-state index < -0.39 is 0 Å². The second-order valence-electron chi connectivity index (χ2n) is 4.45. The summed E-state index contributed by atoms with van der Waals surface area (Å²) in [5, 5.41) is 0. The van der Waals surface area contributed by atoms with E-state index in [9.17, 15) is 4.79 Å². The highest BCUT2D eigenvalue weighted by Gasteiger charge is 2.34. The molecule has 1 aromatic rings. The van der Waals surface area contributed by atoms with E-state index in [0.29, 0.717) is 0 Å². The van der Waals surface area contributed by atoms with Crippen molar-refractivity contribution in [2.24, 2.45) is 0 Å². The van der Waals surface area contributed by atoms with Crippen LogP contribution >= 0.6 is 11.8 Å². The lowest BCUT2D eigenvalue weighted by molar-refractivity contribution is 0.197. The summed E-state index contributed by atoms with van der Waals surface area (Å²) in [5.74, 6) is 1.09. The minimum Gasteiger partial charge on any atom is -0.323 e. The molecular weight excluding hydrogens is 244 g/mol. The largest absolute Gasteiger partial charge is 0.323 e. The van der Waals surface area contributed by atoms with Crippen molar-refractivity contribution in [1.82, 2.24) is 9.80 Å². The molecule has 2 rings (SSSR count). The normalized spacial score (nSPS) is 19.7. The van der Waals surface area contributed by atoms with E-state index in [1.54, 1.807) is 0 Å². The molecule has 1 aliphatic heterocycles. The summed E-state index contributed by atoms with van der Waals surface area (Å²) < 4.78 is 0. The Hall–Kier alpha value is -1.16. The van der Waals surface area contributed by atoms with Crippen molar-refractivity contribution < 1.29 is 4.79 Å². The zero-order chi connectivity index (χ0) is 13.1. The Bertz CT molecular complexity index is 418. The van der Waals surface area contributed by atoms with Crippen molar-refractivity contribution in [2.75, 3.05) is 25.9 Å². The fourth-order valence-electron chi connectivity index (χ4n) is 2.31. The zero-order valence-corrected chi connectivity index (χ0v) is 12.0. The van der Waals surface area contributed by atoms with Crippen LogP contribution in [-0.2, 0) is 0 Å². The highest BCUT2D eigenvalue weighted by atomic mass is 32.2.